The number of imide groups is 1. The van der Waals surface area contributed by atoms with Crippen molar-refractivity contribution >= 4 is 39.3 Å². The third-order valence-corrected chi connectivity index (χ3v) is 7.39. The van der Waals surface area contributed by atoms with Crippen LogP contribution in [0.2, 0.25) is 0 Å². The van der Waals surface area contributed by atoms with E-state index in [-0.39, 0.29) is 22.8 Å². The van der Waals surface area contributed by atoms with Crippen molar-refractivity contribution in [2.24, 2.45) is 0 Å². The zero-order valence-electron chi connectivity index (χ0n) is 17.3. The predicted molar refractivity (Wildman–Crippen MR) is 113 cm³/mol. The monoisotopic (exact) mass is 474 g/mol. The summed E-state index contributed by atoms with van der Waals surface area (Å²) in [6.45, 7) is -0.638. The Balaban J connectivity index is 1.55. The SMILES string of the molecule is CNC(=O)c1ccc(NC(=O)CN2C(=O)N[C@]3(CCS(=O)(=O)c4ccc(F)cc43)C2=O)cc1. The molecule has 2 aliphatic heterocycles. The number of rotatable bonds is 4. The molecule has 0 radical (unpaired) electrons. The molecule has 0 bridgehead atoms. The van der Waals surface area contributed by atoms with E-state index in [1.165, 1.54) is 31.3 Å². The number of sulfone groups is 1. The van der Waals surface area contributed by atoms with Crippen LogP contribution in [0.15, 0.2) is 47.4 Å². The first-order valence-corrected chi connectivity index (χ1v) is 11.5. The van der Waals surface area contributed by atoms with Crippen LogP contribution in [0, 0.1) is 5.82 Å². The molecule has 2 aliphatic rings. The predicted octanol–water partition coefficient (Wildman–Crippen LogP) is 0.748. The fraction of sp³-hybridized carbons (Fsp3) is 0.238. The molecular weight excluding hydrogens is 455 g/mol. The average Bonchev–Trinajstić information content (AvgIpc) is 3.01. The fourth-order valence-electron chi connectivity index (χ4n) is 3.95. The van der Waals surface area contributed by atoms with Crippen LogP contribution in [0.5, 0.6) is 0 Å². The van der Waals surface area contributed by atoms with Gasteiger partial charge in [-0.15, -0.1) is 0 Å². The van der Waals surface area contributed by atoms with Gasteiger partial charge in [0.25, 0.3) is 11.8 Å². The summed E-state index contributed by atoms with van der Waals surface area (Å²) in [5.41, 5.74) is -1.20. The molecular formula is C21H19FN4O6S. The molecule has 5 amide bonds. The van der Waals surface area contributed by atoms with Crippen molar-refractivity contribution in [2.45, 2.75) is 16.9 Å². The number of hydrogen-bond donors (Lipinski definition) is 3. The molecule has 4 rings (SSSR count). The number of halogens is 1. The highest BCUT2D eigenvalue weighted by Gasteiger charge is 2.56. The summed E-state index contributed by atoms with van der Waals surface area (Å²) in [5, 5.41) is 7.46. The molecule has 0 saturated carbocycles. The van der Waals surface area contributed by atoms with Crippen LogP contribution in [0.4, 0.5) is 14.9 Å². The highest BCUT2D eigenvalue weighted by Crippen LogP contribution is 2.41. The minimum absolute atomic E-state index is 0.153. The van der Waals surface area contributed by atoms with Crippen molar-refractivity contribution in [2.75, 3.05) is 24.7 Å². The van der Waals surface area contributed by atoms with Crippen LogP contribution in [-0.2, 0) is 25.0 Å². The van der Waals surface area contributed by atoms with Gasteiger partial charge in [-0.05, 0) is 48.9 Å². The molecule has 33 heavy (non-hydrogen) atoms. The van der Waals surface area contributed by atoms with Gasteiger partial charge < -0.3 is 16.0 Å². The number of nitrogens with zero attached hydrogens (tertiary/aromatic N) is 1. The van der Waals surface area contributed by atoms with E-state index in [9.17, 15) is 32.0 Å². The maximum Gasteiger partial charge on any atom is 0.325 e. The van der Waals surface area contributed by atoms with Crippen LogP contribution in [0.3, 0.4) is 0 Å². The van der Waals surface area contributed by atoms with Gasteiger partial charge in [-0.3, -0.25) is 19.3 Å². The quantitative estimate of drug-likeness (QED) is 0.441. The van der Waals surface area contributed by atoms with Gasteiger partial charge in [-0.2, -0.15) is 0 Å². The van der Waals surface area contributed by atoms with Crippen molar-refractivity contribution < 1.29 is 32.0 Å². The normalized spacial score (nSPS) is 20.8. The maximum atomic E-state index is 13.9. The summed E-state index contributed by atoms with van der Waals surface area (Å²) in [7, 11) is -2.27. The Morgan fingerprint density at radius 1 is 1.15 bits per heavy atom. The van der Waals surface area contributed by atoms with Crippen molar-refractivity contribution in [3.8, 4) is 0 Å². The van der Waals surface area contributed by atoms with Gasteiger partial charge in [-0.25, -0.2) is 17.6 Å². The van der Waals surface area contributed by atoms with Gasteiger partial charge >= 0.3 is 6.03 Å². The standard InChI is InChI=1S/C21H19FN4O6S/c1-23-18(28)12-2-5-14(6-3-12)24-17(27)11-26-19(29)21(25-20(26)30)8-9-33(31,32)16-7-4-13(22)10-15(16)21/h2-7,10H,8-9,11H2,1H3,(H,23,28)(H,24,27)(H,25,30)/t21-/m0/s1. The van der Waals surface area contributed by atoms with E-state index < -0.39 is 51.3 Å². The molecule has 2 heterocycles. The molecule has 1 saturated heterocycles. The Morgan fingerprint density at radius 3 is 2.52 bits per heavy atom. The lowest BCUT2D eigenvalue weighted by molar-refractivity contribution is -0.134. The lowest BCUT2D eigenvalue weighted by atomic mass is 9.86. The first-order chi connectivity index (χ1) is 15.6. The molecule has 0 aromatic heterocycles. The highest BCUT2D eigenvalue weighted by molar-refractivity contribution is 7.91. The summed E-state index contributed by atoms with van der Waals surface area (Å²) < 4.78 is 38.8. The molecule has 1 spiro atoms. The number of nitrogens with one attached hydrogen (secondary N) is 3. The van der Waals surface area contributed by atoms with Gasteiger partial charge in [0.2, 0.25) is 5.91 Å². The van der Waals surface area contributed by atoms with Gasteiger partial charge in [0.05, 0.1) is 10.6 Å². The number of benzene rings is 2. The number of fused-ring (bicyclic) bond motifs is 2. The Bertz CT molecular complexity index is 1290. The van der Waals surface area contributed by atoms with Gasteiger partial charge in [0, 0.05) is 23.9 Å². The molecule has 12 heteroatoms. The van der Waals surface area contributed by atoms with Gasteiger partial charge in [0.15, 0.2) is 9.84 Å². The van der Waals surface area contributed by atoms with Gasteiger partial charge in [-0.1, -0.05) is 0 Å². The summed E-state index contributed by atoms with van der Waals surface area (Å²) in [5.74, 6) is -3.01. The molecule has 0 unspecified atom stereocenters. The molecule has 1 atom stereocenters. The van der Waals surface area contributed by atoms with E-state index in [0.717, 1.165) is 18.2 Å². The second kappa shape index (κ2) is 7.96. The van der Waals surface area contributed by atoms with E-state index in [4.69, 9.17) is 0 Å². The van der Waals surface area contributed by atoms with Crippen LogP contribution >= 0.6 is 0 Å². The third kappa shape index (κ3) is 3.82. The Kier molecular flexibility index (Phi) is 5.40. The minimum atomic E-state index is -3.75. The molecule has 1 fully saturated rings. The second-order valence-corrected chi connectivity index (χ2v) is 9.72. The lowest BCUT2D eigenvalue weighted by Crippen LogP contribution is -2.49. The summed E-state index contributed by atoms with van der Waals surface area (Å²) in [6, 6.07) is 8.02. The average molecular weight is 474 g/mol. The van der Waals surface area contributed by atoms with E-state index in [2.05, 4.69) is 16.0 Å². The molecule has 2 aromatic carbocycles. The van der Waals surface area contributed by atoms with E-state index in [1.54, 1.807) is 0 Å². The summed E-state index contributed by atoms with van der Waals surface area (Å²) in [4.78, 5) is 50.3. The smallest absolute Gasteiger partial charge is 0.325 e. The van der Waals surface area contributed by atoms with Crippen LogP contribution < -0.4 is 16.0 Å². The number of anilines is 1. The van der Waals surface area contributed by atoms with Crippen LogP contribution in [0.25, 0.3) is 0 Å². The van der Waals surface area contributed by atoms with Crippen molar-refractivity contribution in [1.29, 1.82) is 0 Å². The summed E-state index contributed by atoms with van der Waals surface area (Å²) >= 11 is 0. The number of hydrogen-bond acceptors (Lipinski definition) is 6. The zero-order valence-corrected chi connectivity index (χ0v) is 18.2. The Hall–Kier alpha value is -3.80. The van der Waals surface area contributed by atoms with Crippen LogP contribution in [-0.4, -0.2) is 56.4 Å². The minimum Gasteiger partial charge on any atom is -0.355 e. The van der Waals surface area contributed by atoms with Crippen molar-refractivity contribution in [1.82, 2.24) is 15.5 Å². The van der Waals surface area contributed by atoms with E-state index in [1.807, 2.05) is 0 Å². The molecule has 172 valence electrons. The molecule has 0 aliphatic carbocycles. The highest BCUT2D eigenvalue weighted by atomic mass is 32.2. The zero-order chi connectivity index (χ0) is 24.0. The molecule has 3 N–H and O–H groups in total. The number of carbonyl (C=O) groups excluding carboxylic acids is 4. The van der Waals surface area contributed by atoms with E-state index >= 15 is 0 Å². The second-order valence-electron chi connectivity index (χ2n) is 7.64. The number of amides is 5. The lowest BCUT2D eigenvalue weighted by Gasteiger charge is -2.32. The maximum absolute atomic E-state index is 13.9. The largest absolute Gasteiger partial charge is 0.355 e. The fourth-order valence-corrected chi connectivity index (χ4v) is 5.59. The van der Waals surface area contributed by atoms with Crippen LogP contribution in [0.1, 0.15) is 22.3 Å². The topological polar surface area (TPSA) is 142 Å². The first-order valence-electron chi connectivity index (χ1n) is 9.86. The Labute approximate surface area is 188 Å². The van der Waals surface area contributed by atoms with Gasteiger partial charge in [0.1, 0.15) is 17.9 Å². The summed E-state index contributed by atoms with van der Waals surface area (Å²) in [6.07, 6.45) is -0.282. The number of carbonyl (C=O) groups is 4. The van der Waals surface area contributed by atoms with Crippen molar-refractivity contribution in [3.63, 3.8) is 0 Å². The molecule has 10 nitrogen and oxygen atoms in total. The van der Waals surface area contributed by atoms with Crippen molar-refractivity contribution in [3.05, 3.63) is 59.4 Å². The number of urea groups is 1. The third-order valence-electron chi connectivity index (χ3n) is 5.62. The molecule has 2 aromatic rings. The van der Waals surface area contributed by atoms with E-state index in [0.29, 0.717) is 16.2 Å². The first kappa shape index (κ1) is 22.4. The Morgan fingerprint density at radius 2 is 1.85 bits per heavy atom.